The number of nitrogens with zero attached hydrogens (tertiary/aromatic N) is 4. The molecule has 2 heterocycles. The number of hydrogen-bond donors (Lipinski definition) is 1. The number of hydrogen-bond acceptors (Lipinski definition) is 4. The van der Waals surface area contributed by atoms with Gasteiger partial charge in [-0.3, -0.25) is 0 Å². The molecule has 0 radical (unpaired) electrons. The molecule has 0 saturated heterocycles. The second kappa shape index (κ2) is 4.97. The van der Waals surface area contributed by atoms with Crippen LogP contribution in [-0.2, 0) is 0 Å². The molecule has 0 saturated carbocycles. The predicted octanol–water partition coefficient (Wildman–Crippen LogP) is 1.96. The molecule has 0 unspecified atom stereocenters. The lowest BCUT2D eigenvalue weighted by Crippen LogP contribution is -2.36. The van der Waals surface area contributed by atoms with E-state index in [1.165, 1.54) is 12.7 Å². The Hall–Kier alpha value is -1.57. The van der Waals surface area contributed by atoms with Crippen molar-refractivity contribution in [3.05, 3.63) is 12.7 Å². The zero-order chi connectivity index (χ0) is 13.2. The minimum Gasteiger partial charge on any atom is -0.344 e. The van der Waals surface area contributed by atoms with Gasteiger partial charge >= 0.3 is 6.18 Å². The van der Waals surface area contributed by atoms with Crippen LogP contribution in [0.2, 0.25) is 0 Å². The van der Waals surface area contributed by atoms with Crippen molar-refractivity contribution >= 4 is 28.6 Å². The monoisotopic (exact) mass is 279 g/mol. The third kappa shape index (κ3) is 2.81. The van der Waals surface area contributed by atoms with Crippen LogP contribution in [0.3, 0.4) is 0 Å². The molecule has 1 N–H and O–H groups in total. The highest BCUT2D eigenvalue weighted by Crippen LogP contribution is 2.24. The molecule has 9 heteroatoms. The molecule has 0 spiro atoms. The lowest BCUT2D eigenvalue weighted by Gasteiger charge is -2.23. The van der Waals surface area contributed by atoms with Crippen LogP contribution in [-0.4, -0.2) is 45.1 Å². The Morgan fingerprint density at radius 1 is 1.28 bits per heavy atom. The maximum absolute atomic E-state index is 12.5. The van der Waals surface area contributed by atoms with Crippen molar-refractivity contribution in [2.24, 2.45) is 0 Å². The molecule has 0 atom stereocenters. The normalized spacial score (nSPS) is 12.0. The van der Waals surface area contributed by atoms with Crippen LogP contribution in [0.15, 0.2) is 12.7 Å². The molecule has 0 aliphatic rings. The molecule has 2 aromatic rings. The number of fused-ring (bicyclic) bond motifs is 1. The standard InChI is InChI=1S/C9H9ClF3N5/c10-1-2-18(3-9(11,12)13)8-6-7(15-4-14-6)16-5-17-8/h4-5H,1-3H2,(H,14,15,16,17). The third-order valence-electron chi connectivity index (χ3n) is 2.23. The summed E-state index contributed by atoms with van der Waals surface area (Å²) in [6.07, 6.45) is -1.80. The van der Waals surface area contributed by atoms with Crippen molar-refractivity contribution in [1.82, 2.24) is 19.9 Å². The first-order chi connectivity index (χ1) is 8.51. The van der Waals surface area contributed by atoms with Gasteiger partial charge in [0.25, 0.3) is 0 Å². The van der Waals surface area contributed by atoms with Gasteiger partial charge < -0.3 is 9.88 Å². The highest BCUT2D eigenvalue weighted by molar-refractivity contribution is 6.18. The largest absolute Gasteiger partial charge is 0.405 e. The van der Waals surface area contributed by atoms with Gasteiger partial charge in [0.05, 0.1) is 6.33 Å². The molecule has 0 fully saturated rings. The number of imidazole rings is 1. The van der Waals surface area contributed by atoms with E-state index in [1.54, 1.807) is 0 Å². The first-order valence-electron chi connectivity index (χ1n) is 5.03. The summed E-state index contributed by atoms with van der Waals surface area (Å²) in [6, 6.07) is 0. The molecule has 2 rings (SSSR count). The number of H-pyrrole nitrogens is 1. The van der Waals surface area contributed by atoms with Gasteiger partial charge in [0.1, 0.15) is 18.4 Å². The molecule has 98 valence electrons. The SMILES string of the molecule is FC(F)(F)CN(CCCl)c1ncnc2nc[nH]c12. The number of aromatic nitrogens is 4. The van der Waals surface area contributed by atoms with Crippen molar-refractivity contribution in [2.75, 3.05) is 23.9 Å². The zero-order valence-corrected chi connectivity index (χ0v) is 9.83. The lowest BCUT2D eigenvalue weighted by molar-refractivity contribution is -0.119. The van der Waals surface area contributed by atoms with Crippen LogP contribution in [0, 0.1) is 0 Å². The maximum Gasteiger partial charge on any atom is 0.405 e. The van der Waals surface area contributed by atoms with Gasteiger partial charge in [0.15, 0.2) is 11.5 Å². The van der Waals surface area contributed by atoms with E-state index in [4.69, 9.17) is 11.6 Å². The van der Waals surface area contributed by atoms with E-state index in [0.29, 0.717) is 11.2 Å². The summed E-state index contributed by atoms with van der Waals surface area (Å²) in [5.41, 5.74) is 0.689. The van der Waals surface area contributed by atoms with Crippen molar-refractivity contribution in [3.8, 4) is 0 Å². The summed E-state index contributed by atoms with van der Waals surface area (Å²) in [7, 11) is 0. The highest BCUT2D eigenvalue weighted by Gasteiger charge is 2.32. The van der Waals surface area contributed by atoms with E-state index in [-0.39, 0.29) is 18.2 Å². The number of anilines is 1. The van der Waals surface area contributed by atoms with Crippen LogP contribution in [0.4, 0.5) is 19.0 Å². The fourth-order valence-electron chi connectivity index (χ4n) is 1.57. The highest BCUT2D eigenvalue weighted by atomic mass is 35.5. The molecular formula is C9H9ClF3N5. The first kappa shape index (κ1) is 12.9. The molecule has 0 aromatic carbocycles. The van der Waals surface area contributed by atoms with Crippen LogP contribution >= 0.6 is 11.6 Å². The van der Waals surface area contributed by atoms with Gasteiger partial charge in [0, 0.05) is 12.4 Å². The predicted molar refractivity (Wildman–Crippen MR) is 60.7 cm³/mol. The number of aromatic amines is 1. The number of halogens is 4. The Morgan fingerprint density at radius 2 is 2.06 bits per heavy atom. The topological polar surface area (TPSA) is 57.7 Å². The molecule has 0 aliphatic heterocycles. The van der Waals surface area contributed by atoms with E-state index >= 15 is 0 Å². The average Bonchev–Trinajstić information content (AvgIpc) is 2.74. The Bertz CT molecular complexity index is 526. The van der Waals surface area contributed by atoms with Gasteiger partial charge in [0.2, 0.25) is 0 Å². The lowest BCUT2D eigenvalue weighted by atomic mass is 10.4. The van der Waals surface area contributed by atoms with Gasteiger partial charge in [-0.15, -0.1) is 11.6 Å². The number of nitrogens with one attached hydrogen (secondary N) is 1. The van der Waals surface area contributed by atoms with Crippen molar-refractivity contribution in [3.63, 3.8) is 0 Å². The van der Waals surface area contributed by atoms with Crippen molar-refractivity contribution < 1.29 is 13.2 Å². The summed E-state index contributed by atoms with van der Waals surface area (Å²) in [6.45, 7) is -1.09. The first-order valence-corrected chi connectivity index (χ1v) is 5.56. The minimum atomic E-state index is -4.33. The molecule has 0 bridgehead atoms. The fraction of sp³-hybridized carbons (Fsp3) is 0.444. The quantitative estimate of drug-likeness (QED) is 0.869. The van der Waals surface area contributed by atoms with Gasteiger partial charge in [-0.2, -0.15) is 13.2 Å². The van der Waals surface area contributed by atoms with Gasteiger partial charge in [-0.1, -0.05) is 0 Å². The van der Waals surface area contributed by atoms with E-state index in [1.807, 2.05) is 0 Å². The fourth-order valence-corrected chi connectivity index (χ4v) is 1.77. The maximum atomic E-state index is 12.5. The molecule has 0 amide bonds. The molecule has 18 heavy (non-hydrogen) atoms. The number of alkyl halides is 4. The summed E-state index contributed by atoms with van der Waals surface area (Å²) in [4.78, 5) is 15.4. The molecule has 5 nitrogen and oxygen atoms in total. The van der Waals surface area contributed by atoms with Gasteiger partial charge in [-0.25, -0.2) is 15.0 Å². The molecular weight excluding hydrogens is 271 g/mol. The summed E-state index contributed by atoms with van der Waals surface area (Å²) < 4.78 is 37.5. The van der Waals surface area contributed by atoms with E-state index in [2.05, 4.69) is 19.9 Å². The van der Waals surface area contributed by atoms with Crippen LogP contribution in [0.5, 0.6) is 0 Å². The van der Waals surface area contributed by atoms with Crippen molar-refractivity contribution in [1.29, 1.82) is 0 Å². The second-order valence-electron chi connectivity index (χ2n) is 3.52. The van der Waals surface area contributed by atoms with E-state index in [9.17, 15) is 13.2 Å². The molecule has 2 aromatic heterocycles. The van der Waals surface area contributed by atoms with E-state index < -0.39 is 12.7 Å². The van der Waals surface area contributed by atoms with Crippen LogP contribution in [0.25, 0.3) is 11.2 Å². The van der Waals surface area contributed by atoms with Crippen LogP contribution in [0.1, 0.15) is 0 Å². The Balaban J connectivity index is 2.38. The third-order valence-corrected chi connectivity index (χ3v) is 2.40. The van der Waals surface area contributed by atoms with Crippen LogP contribution < -0.4 is 4.90 Å². The smallest absolute Gasteiger partial charge is 0.344 e. The average molecular weight is 280 g/mol. The van der Waals surface area contributed by atoms with Crippen molar-refractivity contribution in [2.45, 2.75) is 6.18 Å². The van der Waals surface area contributed by atoms with Gasteiger partial charge in [-0.05, 0) is 0 Å². The Labute approximate surface area is 105 Å². The van der Waals surface area contributed by atoms with E-state index in [0.717, 1.165) is 4.90 Å². The minimum absolute atomic E-state index is 0.0339. The summed E-state index contributed by atoms with van der Waals surface area (Å²) >= 11 is 5.52. The zero-order valence-electron chi connectivity index (χ0n) is 9.08. The Kier molecular flexibility index (Phi) is 3.55. The summed E-state index contributed by atoms with van der Waals surface area (Å²) in [5.74, 6) is 0.214. The Morgan fingerprint density at radius 3 is 2.72 bits per heavy atom. The molecule has 0 aliphatic carbocycles. The number of rotatable bonds is 4. The summed E-state index contributed by atoms with van der Waals surface area (Å²) in [5, 5.41) is 0. The second-order valence-corrected chi connectivity index (χ2v) is 3.90.